The number of rotatable bonds is 26. The average Bonchev–Trinajstić information content (AvgIpc) is 2.87. The first-order valence-corrected chi connectivity index (χ1v) is 14.6. The van der Waals surface area contributed by atoms with Crippen molar-refractivity contribution < 1.29 is 28.7 Å². The minimum absolute atomic E-state index is 0.0114. The number of methoxy groups -OCH3 is 1. The lowest BCUT2D eigenvalue weighted by atomic mass is 10.0. The number of ether oxygens (including phenoxy) is 2. The Balaban J connectivity index is 4.29. The van der Waals surface area contributed by atoms with E-state index in [4.69, 9.17) is 9.47 Å². The van der Waals surface area contributed by atoms with Crippen molar-refractivity contribution in [1.29, 1.82) is 0 Å². The lowest BCUT2D eigenvalue weighted by Gasteiger charge is -2.19. The maximum Gasteiger partial charge on any atom is 0.307 e. The summed E-state index contributed by atoms with van der Waals surface area (Å²) < 4.78 is 9.57. The van der Waals surface area contributed by atoms with Crippen LogP contribution >= 0.6 is 0 Å². The molecule has 2 N–H and O–H groups in total. The van der Waals surface area contributed by atoms with Crippen molar-refractivity contribution in [2.75, 3.05) is 20.4 Å². The van der Waals surface area contributed by atoms with Crippen LogP contribution in [0.3, 0.4) is 0 Å². The molecule has 0 aliphatic rings. The monoisotopic (exact) mass is 526 g/mol. The fourth-order valence-corrected chi connectivity index (χ4v) is 4.13. The van der Waals surface area contributed by atoms with Gasteiger partial charge in [0, 0.05) is 32.9 Å². The first kappa shape index (κ1) is 35.0. The number of unbranched alkanes of at least 4 members (excludes halogenated alkanes) is 12. The van der Waals surface area contributed by atoms with Crippen LogP contribution in [0, 0.1) is 0 Å². The molecule has 1 unspecified atom stereocenters. The van der Waals surface area contributed by atoms with Crippen molar-refractivity contribution in [2.45, 2.75) is 142 Å². The molecule has 216 valence electrons. The number of hydrogen-bond donors (Lipinski definition) is 2. The van der Waals surface area contributed by atoms with Crippen molar-refractivity contribution in [1.82, 2.24) is 10.6 Å². The Bertz CT molecular complexity index is 611. The fraction of sp³-hybridized carbons (Fsp3) is 0.862. The molecule has 0 radical (unpaired) electrons. The molecule has 1 atom stereocenters. The number of nitrogens with one attached hydrogen (secondary N) is 2. The van der Waals surface area contributed by atoms with E-state index in [1.807, 2.05) is 0 Å². The van der Waals surface area contributed by atoms with Gasteiger partial charge in [-0.2, -0.15) is 0 Å². The van der Waals surface area contributed by atoms with Gasteiger partial charge < -0.3 is 24.9 Å². The molecule has 0 saturated heterocycles. The van der Waals surface area contributed by atoms with Gasteiger partial charge in [-0.15, -0.1) is 0 Å². The molecule has 0 aromatic heterocycles. The number of carbonyl (C=O) groups is 4. The lowest BCUT2D eigenvalue weighted by molar-refractivity contribution is -0.154. The van der Waals surface area contributed by atoms with E-state index in [-0.39, 0.29) is 30.4 Å². The Kier molecular flexibility index (Phi) is 24.3. The highest BCUT2D eigenvalue weighted by molar-refractivity contribution is 5.87. The quantitative estimate of drug-likeness (QED) is 0.0843. The molecule has 0 aliphatic carbocycles. The van der Waals surface area contributed by atoms with E-state index in [9.17, 15) is 19.2 Å². The number of hydrogen-bond acceptors (Lipinski definition) is 6. The zero-order chi connectivity index (χ0) is 27.6. The summed E-state index contributed by atoms with van der Waals surface area (Å²) >= 11 is 0. The fourth-order valence-electron chi connectivity index (χ4n) is 4.13. The lowest BCUT2D eigenvalue weighted by Crippen LogP contribution is -2.46. The van der Waals surface area contributed by atoms with Crippen LogP contribution in [-0.2, 0) is 28.7 Å². The number of ketones is 1. The van der Waals surface area contributed by atoms with Crippen LogP contribution < -0.4 is 10.6 Å². The van der Waals surface area contributed by atoms with Crippen molar-refractivity contribution >= 4 is 23.6 Å². The number of Topliss-reactive ketones (excluding diaryl/α,β-unsaturated/α-hetero) is 1. The minimum Gasteiger partial charge on any atom is -0.438 e. The summed E-state index contributed by atoms with van der Waals surface area (Å²) in [7, 11) is 1.48. The molecule has 0 fully saturated rings. The first-order chi connectivity index (χ1) is 17.9. The number of carbonyl (C=O) groups excluding carboxylic acids is 4. The molecule has 0 bridgehead atoms. The number of esters is 1. The zero-order valence-electron chi connectivity index (χ0n) is 23.9. The molecule has 0 heterocycles. The number of amides is 2. The summed E-state index contributed by atoms with van der Waals surface area (Å²) in [6, 6.07) is -0.489. The second-order valence-electron chi connectivity index (χ2n) is 10.0. The third-order valence-corrected chi connectivity index (χ3v) is 6.38. The summed E-state index contributed by atoms with van der Waals surface area (Å²) in [5.74, 6) is -0.228. The molecule has 8 nitrogen and oxygen atoms in total. The van der Waals surface area contributed by atoms with Gasteiger partial charge in [0.15, 0.2) is 6.79 Å². The summed E-state index contributed by atoms with van der Waals surface area (Å²) in [5.41, 5.74) is 0. The highest BCUT2D eigenvalue weighted by Crippen LogP contribution is 2.11. The predicted octanol–water partition coefficient (Wildman–Crippen LogP) is 5.76. The van der Waals surface area contributed by atoms with Crippen LogP contribution in [0.2, 0.25) is 0 Å². The van der Waals surface area contributed by atoms with E-state index in [0.29, 0.717) is 32.2 Å². The minimum atomic E-state index is -0.489. The normalized spacial score (nSPS) is 11.6. The average molecular weight is 527 g/mol. The Morgan fingerprint density at radius 2 is 1.27 bits per heavy atom. The van der Waals surface area contributed by atoms with Gasteiger partial charge in [-0.25, -0.2) is 0 Å². The van der Waals surface area contributed by atoms with Gasteiger partial charge in [-0.05, 0) is 39.0 Å². The molecule has 0 aromatic rings. The van der Waals surface area contributed by atoms with Gasteiger partial charge in [-0.1, -0.05) is 77.6 Å². The molecule has 8 heteroatoms. The van der Waals surface area contributed by atoms with Crippen LogP contribution in [0.15, 0.2) is 0 Å². The van der Waals surface area contributed by atoms with E-state index in [1.165, 1.54) is 39.2 Å². The Morgan fingerprint density at radius 1 is 0.703 bits per heavy atom. The smallest absolute Gasteiger partial charge is 0.307 e. The maximum absolute atomic E-state index is 12.8. The SMILES string of the molecule is CCCCCCCCCC(NC(=O)CCCCCCC(C)=O)C(=O)NCCCCCCC(=O)OCOC. The topological polar surface area (TPSA) is 111 Å². The summed E-state index contributed by atoms with van der Waals surface area (Å²) in [6.07, 6.45) is 17.1. The molecule has 0 aromatic carbocycles. The Labute approximate surface area is 225 Å². The Hall–Kier alpha value is -1.96. The zero-order valence-corrected chi connectivity index (χ0v) is 23.9. The van der Waals surface area contributed by atoms with Crippen molar-refractivity contribution in [2.24, 2.45) is 0 Å². The molecule has 0 rings (SSSR count). The van der Waals surface area contributed by atoms with Crippen LogP contribution in [-0.4, -0.2) is 50.1 Å². The van der Waals surface area contributed by atoms with E-state index in [1.54, 1.807) is 6.92 Å². The maximum atomic E-state index is 12.8. The largest absolute Gasteiger partial charge is 0.438 e. The van der Waals surface area contributed by atoms with Crippen molar-refractivity contribution in [3.8, 4) is 0 Å². The molecule has 0 aliphatic heterocycles. The van der Waals surface area contributed by atoms with Crippen LogP contribution in [0.1, 0.15) is 136 Å². The molecular formula is C29H54N2O6. The third kappa shape index (κ3) is 24.1. The first-order valence-electron chi connectivity index (χ1n) is 14.6. The van der Waals surface area contributed by atoms with E-state index in [0.717, 1.165) is 64.2 Å². The van der Waals surface area contributed by atoms with E-state index < -0.39 is 6.04 Å². The Morgan fingerprint density at radius 3 is 1.92 bits per heavy atom. The third-order valence-electron chi connectivity index (χ3n) is 6.38. The van der Waals surface area contributed by atoms with Gasteiger partial charge in [-0.3, -0.25) is 14.4 Å². The second-order valence-corrected chi connectivity index (χ2v) is 10.0. The van der Waals surface area contributed by atoms with Gasteiger partial charge in [0.2, 0.25) is 11.8 Å². The van der Waals surface area contributed by atoms with Crippen molar-refractivity contribution in [3.63, 3.8) is 0 Å². The summed E-state index contributed by atoms with van der Waals surface area (Å²) in [5, 5.41) is 5.95. The van der Waals surface area contributed by atoms with E-state index >= 15 is 0 Å². The van der Waals surface area contributed by atoms with Gasteiger partial charge in [0.05, 0.1) is 0 Å². The molecule has 2 amide bonds. The molecule has 0 spiro atoms. The summed E-state index contributed by atoms with van der Waals surface area (Å²) in [6.45, 7) is 4.36. The van der Waals surface area contributed by atoms with Crippen LogP contribution in [0.4, 0.5) is 0 Å². The van der Waals surface area contributed by atoms with Gasteiger partial charge in [0.25, 0.3) is 0 Å². The van der Waals surface area contributed by atoms with Gasteiger partial charge >= 0.3 is 5.97 Å². The van der Waals surface area contributed by atoms with Crippen molar-refractivity contribution in [3.05, 3.63) is 0 Å². The molecular weight excluding hydrogens is 472 g/mol. The highest BCUT2D eigenvalue weighted by Gasteiger charge is 2.19. The molecule has 37 heavy (non-hydrogen) atoms. The summed E-state index contributed by atoms with van der Waals surface area (Å²) in [4.78, 5) is 47.8. The van der Waals surface area contributed by atoms with Crippen LogP contribution in [0.25, 0.3) is 0 Å². The van der Waals surface area contributed by atoms with Crippen LogP contribution in [0.5, 0.6) is 0 Å². The second kappa shape index (κ2) is 25.7. The van der Waals surface area contributed by atoms with E-state index in [2.05, 4.69) is 17.6 Å². The highest BCUT2D eigenvalue weighted by atomic mass is 16.7. The standard InChI is InChI=1S/C29H54N2O6/c1-4-5-6-7-8-9-15-20-26(31-27(33)21-16-11-10-14-19-25(2)32)29(35)30-23-18-13-12-17-22-28(34)37-24-36-3/h26H,4-24H2,1-3H3,(H,30,35)(H,31,33). The van der Waals surface area contributed by atoms with Gasteiger partial charge in [0.1, 0.15) is 11.8 Å². The predicted molar refractivity (Wildman–Crippen MR) is 147 cm³/mol. The molecule has 0 saturated carbocycles.